The van der Waals surface area contributed by atoms with Gasteiger partial charge in [0.15, 0.2) is 0 Å². The molecule has 21 heavy (non-hydrogen) atoms. The van der Waals surface area contributed by atoms with Gasteiger partial charge in [0.05, 0.1) is 6.42 Å². The van der Waals surface area contributed by atoms with Crippen LogP contribution in [0.4, 0.5) is 5.69 Å². The van der Waals surface area contributed by atoms with Crippen molar-refractivity contribution in [3.63, 3.8) is 0 Å². The van der Waals surface area contributed by atoms with Gasteiger partial charge in [-0.3, -0.25) is 9.59 Å². The second kappa shape index (κ2) is 6.67. The third kappa shape index (κ3) is 3.90. The minimum absolute atomic E-state index is 0.0859. The van der Waals surface area contributed by atoms with Crippen molar-refractivity contribution in [2.45, 2.75) is 13.0 Å². The van der Waals surface area contributed by atoms with Crippen molar-refractivity contribution in [3.05, 3.63) is 65.2 Å². The predicted octanol–water partition coefficient (Wildman–Crippen LogP) is 1.43. The van der Waals surface area contributed by atoms with Gasteiger partial charge in [-0.1, -0.05) is 30.3 Å². The van der Waals surface area contributed by atoms with Crippen molar-refractivity contribution in [2.24, 2.45) is 11.5 Å². The lowest BCUT2D eigenvalue weighted by atomic mass is 10.1. The minimum atomic E-state index is -0.441. The quantitative estimate of drug-likeness (QED) is 0.774. The summed E-state index contributed by atoms with van der Waals surface area (Å²) in [6.07, 6.45) is 0.0859. The summed E-state index contributed by atoms with van der Waals surface area (Å²) < 4.78 is 0. The number of para-hydroxylation sites is 1. The average molecular weight is 283 g/mol. The molecule has 0 aromatic heterocycles. The van der Waals surface area contributed by atoms with Crippen LogP contribution in [0.5, 0.6) is 0 Å². The monoisotopic (exact) mass is 283 g/mol. The number of nitrogens with two attached hydrogens (primary N) is 2. The molecule has 0 aliphatic rings. The number of primary amides is 1. The molecule has 0 saturated heterocycles. The van der Waals surface area contributed by atoms with E-state index in [2.05, 4.69) is 5.32 Å². The Morgan fingerprint density at radius 2 is 1.67 bits per heavy atom. The zero-order valence-corrected chi connectivity index (χ0v) is 11.5. The maximum Gasteiger partial charge on any atom is 0.255 e. The largest absolute Gasteiger partial charge is 0.369 e. The van der Waals surface area contributed by atoms with Crippen molar-refractivity contribution in [1.82, 2.24) is 0 Å². The summed E-state index contributed by atoms with van der Waals surface area (Å²) in [4.78, 5) is 23.2. The van der Waals surface area contributed by atoms with E-state index in [4.69, 9.17) is 11.5 Å². The van der Waals surface area contributed by atoms with Gasteiger partial charge in [0.1, 0.15) is 0 Å². The fourth-order valence-electron chi connectivity index (χ4n) is 1.97. The zero-order valence-electron chi connectivity index (χ0n) is 11.5. The Hall–Kier alpha value is -2.66. The van der Waals surface area contributed by atoms with Gasteiger partial charge in [0, 0.05) is 17.8 Å². The molecule has 2 aromatic rings. The molecule has 0 heterocycles. The Bertz CT molecular complexity index is 651. The molecule has 5 heteroatoms. The maximum absolute atomic E-state index is 12.2. The van der Waals surface area contributed by atoms with Crippen molar-refractivity contribution >= 4 is 17.5 Å². The second-order valence-electron chi connectivity index (χ2n) is 4.66. The topological polar surface area (TPSA) is 98.2 Å². The Balaban J connectivity index is 2.17. The van der Waals surface area contributed by atoms with Gasteiger partial charge in [-0.05, 0) is 29.3 Å². The fourth-order valence-corrected chi connectivity index (χ4v) is 1.97. The summed E-state index contributed by atoms with van der Waals surface area (Å²) in [6.45, 7) is 0.434. The van der Waals surface area contributed by atoms with Gasteiger partial charge in [-0.15, -0.1) is 0 Å². The summed E-state index contributed by atoms with van der Waals surface area (Å²) >= 11 is 0. The van der Waals surface area contributed by atoms with Crippen molar-refractivity contribution < 1.29 is 9.59 Å². The van der Waals surface area contributed by atoms with Crippen LogP contribution < -0.4 is 16.8 Å². The molecule has 5 nitrogen and oxygen atoms in total. The van der Waals surface area contributed by atoms with E-state index in [1.54, 1.807) is 36.4 Å². The normalized spacial score (nSPS) is 10.1. The highest BCUT2D eigenvalue weighted by molar-refractivity contribution is 6.04. The number of carbonyl (C=O) groups is 2. The summed E-state index contributed by atoms with van der Waals surface area (Å²) in [6, 6.07) is 14.1. The lowest BCUT2D eigenvalue weighted by Gasteiger charge is -2.10. The molecule has 5 N–H and O–H groups in total. The molecule has 0 aliphatic carbocycles. The third-order valence-corrected chi connectivity index (χ3v) is 3.08. The van der Waals surface area contributed by atoms with Crippen molar-refractivity contribution in [3.8, 4) is 0 Å². The molecule has 0 atom stereocenters. The number of hydrogen-bond acceptors (Lipinski definition) is 3. The summed E-state index contributed by atoms with van der Waals surface area (Å²) in [5, 5.41) is 2.79. The van der Waals surface area contributed by atoms with Crippen LogP contribution in [-0.4, -0.2) is 11.8 Å². The molecule has 2 aromatic carbocycles. The second-order valence-corrected chi connectivity index (χ2v) is 4.66. The first kappa shape index (κ1) is 14.7. The third-order valence-electron chi connectivity index (χ3n) is 3.08. The summed E-state index contributed by atoms with van der Waals surface area (Å²) in [7, 11) is 0. The van der Waals surface area contributed by atoms with Crippen LogP contribution in [0.25, 0.3) is 0 Å². The van der Waals surface area contributed by atoms with Crippen molar-refractivity contribution in [2.75, 3.05) is 5.32 Å². The molecule has 2 rings (SSSR count). The van der Waals surface area contributed by atoms with E-state index in [9.17, 15) is 9.59 Å². The number of anilines is 1. The van der Waals surface area contributed by atoms with Gasteiger partial charge in [-0.25, -0.2) is 0 Å². The molecule has 2 amide bonds. The maximum atomic E-state index is 12.2. The summed E-state index contributed by atoms with van der Waals surface area (Å²) in [5.41, 5.74) is 13.5. The molecule has 0 bridgehead atoms. The van der Waals surface area contributed by atoms with E-state index in [-0.39, 0.29) is 12.3 Å². The Labute approximate surface area is 123 Å². The van der Waals surface area contributed by atoms with Crippen molar-refractivity contribution in [1.29, 1.82) is 0 Å². The molecular formula is C16H17N3O2. The zero-order chi connectivity index (χ0) is 15.2. The van der Waals surface area contributed by atoms with Crippen LogP contribution in [-0.2, 0) is 17.8 Å². The van der Waals surface area contributed by atoms with E-state index >= 15 is 0 Å². The molecule has 0 radical (unpaired) electrons. The molecule has 0 fully saturated rings. The van der Waals surface area contributed by atoms with Crippen LogP contribution in [0.1, 0.15) is 21.5 Å². The van der Waals surface area contributed by atoms with E-state index in [0.717, 1.165) is 5.56 Å². The number of benzene rings is 2. The lowest BCUT2D eigenvalue weighted by molar-refractivity contribution is -0.117. The first-order valence-electron chi connectivity index (χ1n) is 6.56. The smallest absolute Gasteiger partial charge is 0.255 e. The fraction of sp³-hybridized carbons (Fsp3) is 0.125. The Kier molecular flexibility index (Phi) is 4.68. The van der Waals surface area contributed by atoms with E-state index in [1.165, 1.54) is 0 Å². The highest BCUT2D eigenvalue weighted by Crippen LogP contribution is 2.17. The highest BCUT2D eigenvalue weighted by atomic mass is 16.2. The van der Waals surface area contributed by atoms with Crippen LogP contribution in [0.3, 0.4) is 0 Å². The Morgan fingerprint density at radius 3 is 2.29 bits per heavy atom. The van der Waals surface area contributed by atoms with Gasteiger partial charge in [0.2, 0.25) is 5.91 Å². The van der Waals surface area contributed by atoms with Crippen LogP contribution in [0, 0.1) is 0 Å². The van der Waals surface area contributed by atoms with E-state index in [0.29, 0.717) is 23.4 Å². The number of nitrogens with one attached hydrogen (secondary N) is 1. The van der Waals surface area contributed by atoms with Gasteiger partial charge >= 0.3 is 0 Å². The molecule has 0 unspecified atom stereocenters. The SMILES string of the molecule is NCc1ccc(C(=O)Nc2ccccc2CC(N)=O)cc1. The van der Waals surface area contributed by atoms with Crippen LogP contribution in [0.15, 0.2) is 48.5 Å². The first-order chi connectivity index (χ1) is 10.1. The Morgan fingerprint density at radius 1 is 1.00 bits per heavy atom. The van der Waals surface area contributed by atoms with E-state index in [1.807, 2.05) is 12.1 Å². The molecule has 0 saturated carbocycles. The summed E-state index contributed by atoms with van der Waals surface area (Å²) in [5.74, 6) is -0.681. The molecule has 108 valence electrons. The van der Waals surface area contributed by atoms with Gasteiger partial charge < -0.3 is 16.8 Å². The highest BCUT2D eigenvalue weighted by Gasteiger charge is 2.10. The van der Waals surface area contributed by atoms with Crippen LogP contribution >= 0.6 is 0 Å². The predicted molar refractivity (Wildman–Crippen MR) is 81.6 cm³/mol. The van der Waals surface area contributed by atoms with Gasteiger partial charge in [0.25, 0.3) is 5.91 Å². The van der Waals surface area contributed by atoms with Crippen LogP contribution in [0.2, 0.25) is 0 Å². The minimum Gasteiger partial charge on any atom is -0.369 e. The molecule has 0 spiro atoms. The number of hydrogen-bond donors (Lipinski definition) is 3. The lowest BCUT2D eigenvalue weighted by Crippen LogP contribution is -2.17. The van der Waals surface area contributed by atoms with E-state index < -0.39 is 5.91 Å². The number of amides is 2. The molecular weight excluding hydrogens is 266 g/mol. The number of carbonyl (C=O) groups excluding carboxylic acids is 2. The van der Waals surface area contributed by atoms with Gasteiger partial charge in [-0.2, -0.15) is 0 Å². The number of rotatable bonds is 5. The molecule has 0 aliphatic heterocycles. The first-order valence-corrected chi connectivity index (χ1v) is 6.56. The average Bonchev–Trinajstić information content (AvgIpc) is 2.49. The standard InChI is InChI=1S/C16H17N3O2/c17-10-11-5-7-12(8-6-11)16(21)19-14-4-2-1-3-13(14)9-15(18)20/h1-8H,9-10,17H2,(H2,18,20)(H,19,21).